The van der Waals surface area contributed by atoms with E-state index in [0.717, 1.165) is 5.56 Å². The topological polar surface area (TPSA) is 52.6 Å². The number of hydrogen-bond acceptors (Lipinski definition) is 4. The minimum Gasteiger partial charge on any atom is -0.497 e. The number of Topliss-reactive ketones (excluding diaryl/α,β-unsaturated/α-hetero) is 1. The Labute approximate surface area is 122 Å². The zero-order chi connectivity index (χ0) is 14.8. The molecule has 0 fully saturated rings. The van der Waals surface area contributed by atoms with Crippen LogP contribution in [0.15, 0.2) is 48.5 Å². The summed E-state index contributed by atoms with van der Waals surface area (Å²) in [5.74, 6) is -0.411. The van der Waals surface area contributed by atoms with Gasteiger partial charge in [0.25, 0.3) is 0 Å². The first kappa shape index (κ1) is 13.4. The van der Waals surface area contributed by atoms with Crippen LogP contribution in [-0.2, 0) is 11.2 Å². The van der Waals surface area contributed by atoms with E-state index >= 15 is 0 Å². The fraction of sp³-hybridized carbons (Fsp3) is 0.176. The maximum atomic E-state index is 12.4. The Balaban J connectivity index is 1.89. The summed E-state index contributed by atoms with van der Waals surface area (Å²) in [5, 5.41) is 0. The minimum atomic E-state index is -0.784. The molecule has 0 bridgehead atoms. The van der Waals surface area contributed by atoms with Crippen LogP contribution < -0.4 is 9.47 Å². The molecule has 0 saturated heterocycles. The Morgan fingerprint density at radius 2 is 1.95 bits per heavy atom. The Kier molecular flexibility index (Phi) is 3.44. The fourth-order valence-corrected chi connectivity index (χ4v) is 2.41. The van der Waals surface area contributed by atoms with Gasteiger partial charge in [-0.2, -0.15) is 0 Å². The highest BCUT2D eigenvalue weighted by molar-refractivity contribution is 6.09. The van der Waals surface area contributed by atoms with Gasteiger partial charge in [0.2, 0.25) is 0 Å². The highest BCUT2D eigenvalue weighted by Gasteiger charge is 2.34. The van der Waals surface area contributed by atoms with E-state index in [1.807, 2.05) is 12.1 Å². The Bertz CT molecular complexity index is 691. The van der Waals surface area contributed by atoms with Crippen molar-refractivity contribution in [1.82, 2.24) is 0 Å². The summed E-state index contributed by atoms with van der Waals surface area (Å²) in [4.78, 5) is 24.5. The van der Waals surface area contributed by atoms with E-state index in [1.54, 1.807) is 43.5 Å². The van der Waals surface area contributed by atoms with Gasteiger partial charge in [-0.05, 0) is 18.1 Å². The number of carbonyl (C=O) groups excluding carboxylic acids is 2. The lowest BCUT2D eigenvalue weighted by Crippen LogP contribution is -2.33. The monoisotopic (exact) mass is 282 g/mol. The average molecular weight is 282 g/mol. The molecule has 1 atom stereocenters. The lowest BCUT2D eigenvalue weighted by Gasteiger charge is -2.22. The summed E-state index contributed by atoms with van der Waals surface area (Å²) in [6.45, 7) is 0. The number of ether oxygens (including phenoxy) is 2. The number of carbonyl (C=O) groups is 2. The van der Waals surface area contributed by atoms with Crippen molar-refractivity contribution in [3.63, 3.8) is 0 Å². The van der Waals surface area contributed by atoms with Gasteiger partial charge in [-0.1, -0.05) is 36.4 Å². The van der Waals surface area contributed by atoms with Crippen molar-refractivity contribution in [1.29, 1.82) is 0 Å². The van der Waals surface area contributed by atoms with Crippen molar-refractivity contribution in [3.8, 4) is 11.5 Å². The smallest absolute Gasteiger partial charge is 0.322 e. The summed E-state index contributed by atoms with van der Waals surface area (Å²) in [6.07, 6.45) is 0.353. The lowest BCUT2D eigenvalue weighted by molar-refractivity contribution is -0.138. The van der Waals surface area contributed by atoms with Gasteiger partial charge in [-0.3, -0.25) is 9.59 Å². The molecule has 2 aromatic rings. The molecule has 0 aromatic heterocycles. The van der Waals surface area contributed by atoms with Gasteiger partial charge < -0.3 is 9.47 Å². The standard InChI is InChI=1S/C17H14O4/c1-20-13-8-7-12-9-14(17(19)21-15(12)10-13)16(18)11-5-3-2-4-6-11/h2-8,10,14H,9H2,1H3. The number of esters is 1. The van der Waals surface area contributed by atoms with Crippen LogP contribution in [0.25, 0.3) is 0 Å². The van der Waals surface area contributed by atoms with Crippen molar-refractivity contribution < 1.29 is 19.1 Å². The molecule has 106 valence electrons. The van der Waals surface area contributed by atoms with Crippen molar-refractivity contribution in [2.45, 2.75) is 6.42 Å². The maximum Gasteiger partial charge on any atom is 0.322 e. The third-order valence-electron chi connectivity index (χ3n) is 3.57. The molecule has 0 saturated carbocycles. The molecule has 4 nitrogen and oxygen atoms in total. The van der Waals surface area contributed by atoms with E-state index in [9.17, 15) is 9.59 Å². The number of ketones is 1. The number of fused-ring (bicyclic) bond motifs is 1. The van der Waals surface area contributed by atoms with Gasteiger partial charge in [0.05, 0.1) is 7.11 Å². The average Bonchev–Trinajstić information content (AvgIpc) is 2.53. The van der Waals surface area contributed by atoms with Crippen molar-refractivity contribution >= 4 is 11.8 Å². The Morgan fingerprint density at radius 3 is 2.67 bits per heavy atom. The number of benzene rings is 2. The quantitative estimate of drug-likeness (QED) is 0.376. The number of methoxy groups -OCH3 is 1. The lowest BCUT2D eigenvalue weighted by atomic mass is 9.89. The van der Waals surface area contributed by atoms with E-state index in [1.165, 1.54) is 0 Å². The summed E-state index contributed by atoms with van der Waals surface area (Å²) in [7, 11) is 1.55. The highest BCUT2D eigenvalue weighted by atomic mass is 16.5. The first-order valence-electron chi connectivity index (χ1n) is 6.67. The molecule has 0 aliphatic carbocycles. The minimum absolute atomic E-state index is 0.206. The SMILES string of the molecule is COc1ccc2c(c1)OC(=O)C(C(=O)c1ccccc1)C2. The molecule has 1 unspecified atom stereocenters. The largest absolute Gasteiger partial charge is 0.497 e. The number of hydrogen-bond donors (Lipinski definition) is 0. The molecular formula is C17H14O4. The second kappa shape index (κ2) is 5.40. The number of rotatable bonds is 3. The van der Waals surface area contributed by atoms with Crippen molar-refractivity contribution in [2.75, 3.05) is 7.11 Å². The van der Waals surface area contributed by atoms with Crippen LogP contribution in [0, 0.1) is 5.92 Å². The molecule has 1 aliphatic heterocycles. The molecule has 1 heterocycles. The first-order chi connectivity index (χ1) is 10.2. The third kappa shape index (κ3) is 2.52. The third-order valence-corrected chi connectivity index (χ3v) is 3.57. The van der Waals surface area contributed by atoms with Crippen molar-refractivity contribution in [2.24, 2.45) is 5.92 Å². The van der Waals surface area contributed by atoms with E-state index in [0.29, 0.717) is 23.5 Å². The van der Waals surface area contributed by atoms with Gasteiger partial charge in [0.15, 0.2) is 5.78 Å². The second-order valence-electron chi connectivity index (χ2n) is 4.88. The Hall–Kier alpha value is -2.62. The zero-order valence-corrected chi connectivity index (χ0v) is 11.5. The fourth-order valence-electron chi connectivity index (χ4n) is 2.41. The zero-order valence-electron chi connectivity index (χ0n) is 11.5. The molecular weight excluding hydrogens is 268 g/mol. The van der Waals surface area contributed by atoms with Crippen LogP contribution in [0.4, 0.5) is 0 Å². The van der Waals surface area contributed by atoms with Gasteiger partial charge in [0, 0.05) is 11.6 Å². The van der Waals surface area contributed by atoms with Gasteiger partial charge in [-0.25, -0.2) is 0 Å². The van der Waals surface area contributed by atoms with E-state index < -0.39 is 11.9 Å². The van der Waals surface area contributed by atoms with E-state index in [4.69, 9.17) is 9.47 Å². The van der Waals surface area contributed by atoms with Crippen LogP contribution in [0.5, 0.6) is 11.5 Å². The van der Waals surface area contributed by atoms with E-state index in [-0.39, 0.29) is 5.78 Å². The molecule has 4 heteroatoms. The molecule has 0 spiro atoms. The highest BCUT2D eigenvalue weighted by Crippen LogP contribution is 2.32. The van der Waals surface area contributed by atoms with Crippen LogP contribution in [0.2, 0.25) is 0 Å². The second-order valence-corrected chi connectivity index (χ2v) is 4.88. The van der Waals surface area contributed by atoms with Crippen LogP contribution in [0.3, 0.4) is 0 Å². The summed E-state index contributed by atoms with van der Waals surface area (Å²) in [6, 6.07) is 14.1. The molecule has 0 amide bonds. The summed E-state index contributed by atoms with van der Waals surface area (Å²) >= 11 is 0. The molecule has 3 rings (SSSR count). The summed E-state index contributed by atoms with van der Waals surface area (Å²) < 4.78 is 10.4. The first-order valence-corrected chi connectivity index (χ1v) is 6.67. The van der Waals surface area contributed by atoms with Crippen molar-refractivity contribution in [3.05, 3.63) is 59.7 Å². The van der Waals surface area contributed by atoms with Crippen LogP contribution in [0.1, 0.15) is 15.9 Å². The molecule has 2 aromatic carbocycles. The predicted octanol–water partition coefficient (Wildman–Crippen LogP) is 2.66. The van der Waals surface area contributed by atoms with Gasteiger partial charge in [0.1, 0.15) is 17.4 Å². The van der Waals surface area contributed by atoms with Crippen LogP contribution >= 0.6 is 0 Å². The molecule has 1 aliphatic rings. The Morgan fingerprint density at radius 1 is 1.19 bits per heavy atom. The predicted molar refractivity (Wildman–Crippen MR) is 76.6 cm³/mol. The van der Waals surface area contributed by atoms with Gasteiger partial charge >= 0.3 is 5.97 Å². The van der Waals surface area contributed by atoms with E-state index in [2.05, 4.69) is 0 Å². The summed E-state index contributed by atoms with van der Waals surface area (Å²) in [5.41, 5.74) is 1.36. The molecule has 0 radical (unpaired) electrons. The maximum absolute atomic E-state index is 12.4. The van der Waals surface area contributed by atoms with Gasteiger partial charge in [-0.15, -0.1) is 0 Å². The van der Waals surface area contributed by atoms with Crippen LogP contribution in [-0.4, -0.2) is 18.9 Å². The molecule has 21 heavy (non-hydrogen) atoms. The molecule has 0 N–H and O–H groups in total. The normalized spacial score (nSPS) is 16.8.